The second kappa shape index (κ2) is 9.06. The number of benzene rings is 1. The molecule has 7 nitrogen and oxygen atoms in total. The van der Waals surface area contributed by atoms with Gasteiger partial charge in [-0.2, -0.15) is 0 Å². The maximum Gasteiger partial charge on any atom is 0.238 e. The standard InChI is InChI=1S/C20H30N4O3S2/c1-4-5-11-23-18-10-9-16(29(21,26)27)12-17(18)22-20(23)28-13-19(25)24-14(2)7-6-8-15(24)3/h9-10,12,14-15H,4-8,11,13H2,1-3H3,(H2,21,26,27). The number of fused-ring (bicyclic) bond motifs is 1. The number of hydrogen-bond donors (Lipinski definition) is 1. The largest absolute Gasteiger partial charge is 0.337 e. The lowest BCUT2D eigenvalue weighted by Crippen LogP contribution is -2.48. The van der Waals surface area contributed by atoms with Crippen molar-refractivity contribution in [3.8, 4) is 0 Å². The molecule has 0 spiro atoms. The van der Waals surface area contributed by atoms with Crippen LogP contribution in [0.5, 0.6) is 0 Å². The number of thioether (sulfide) groups is 1. The maximum absolute atomic E-state index is 12.9. The van der Waals surface area contributed by atoms with Gasteiger partial charge < -0.3 is 9.47 Å². The molecule has 1 aliphatic heterocycles. The smallest absolute Gasteiger partial charge is 0.238 e. The maximum atomic E-state index is 12.9. The Kier molecular flexibility index (Phi) is 6.90. The molecular formula is C20H30N4O3S2. The van der Waals surface area contributed by atoms with Crippen LogP contribution in [-0.4, -0.2) is 46.6 Å². The van der Waals surface area contributed by atoms with Crippen LogP contribution >= 0.6 is 11.8 Å². The fraction of sp³-hybridized carbons (Fsp3) is 0.600. The van der Waals surface area contributed by atoms with Gasteiger partial charge in [-0.15, -0.1) is 0 Å². The second-order valence-electron chi connectivity index (χ2n) is 7.81. The first-order valence-corrected chi connectivity index (χ1v) is 12.7. The van der Waals surface area contributed by atoms with Crippen LogP contribution in [0.15, 0.2) is 28.3 Å². The molecule has 0 saturated carbocycles. The van der Waals surface area contributed by atoms with E-state index in [0.29, 0.717) is 11.3 Å². The third-order valence-electron chi connectivity index (χ3n) is 5.55. The molecule has 160 valence electrons. The SMILES string of the molecule is CCCCn1c(SCC(=O)N2C(C)CCCC2C)nc2cc(S(N)(=O)=O)ccc21. The Hall–Kier alpha value is -1.58. The van der Waals surface area contributed by atoms with Gasteiger partial charge in [-0.3, -0.25) is 4.79 Å². The fourth-order valence-electron chi connectivity index (χ4n) is 4.02. The molecule has 1 aromatic heterocycles. The minimum atomic E-state index is -3.78. The van der Waals surface area contributed by atoms with Gasteiger partial charge in [0, 0.05) is 18.6 Å². The van der Waals surface area contributed by atoms with Crippen molar-refractivity contribution in [2.45, 2.75) is 81.6 Å². The zero-order valence-electron chi connectivity index (χ0n) is 17.3. The highest BCUT2D eigenvalue weighted by molar-refractivity contribution is 7.99. The van der Waals surface area contributed by atoms with E-state index in [2.05, 4.69) is 30.3 Å². The number of unbranched alkanes of at least 4 members (excludes halogenated alkanes) is 1. The predicted molar refractivity (Wildman–Crippen MR) is 116 cm³/mol. The predicted octanol–water partition coefficient (Wildman–Crippen LogP) is 3.37. The molecule has 2 atom stereocenters. The number of carbonyl (C=O) groups is 1. The van der Waals surface area contributed by atoms with E-state index in [1.165, 1.54) is 30.3 Å². The number of amides is 1. The summed E-state index contributed by atoms with van der Waals surface area (Å²) in [6, 6.07) is 5.30. The monoisotopic (exact) mass is 438 g/mol. The lowest BCUT2D eigenvalue weighted by atomic mass is 9.98. The summed E-state index contributed by atoms with van der Waals surface area (Å²) in [7, 11) is -3.78. The third kappa shape index (κ3) is 4.95. The average molecular weight is 439 g/mol. The normalized spacial score (nSPS) is 20.3. The Bertz CT molecular complexity index is 977. The minimum absolute atomic E-state index is 0.0498. The average Bonchev–Trinajstić information content (AvgIpc) is 3.00. The number of hydrogen-bond acceptors (Lipinski definition) is 5. The van der Waals surface area contributed by atoms with Crippen LogP contribution in [-0.2, 0) is 21.4 Å². The molecule has 2 heterocycles. The van der Waals surface area contributed by atoms with Crippen LogP contribution < -0.4 is 5.14 Å². The number of sulfonamides is 1. The van der Waals surface area contributed by atoms with Gasteiger partial charge in [-0.25, -0.2) is 18.5 Å². The van der Waals surface area contributed by atoms with Crippen LogP contribution in [0.1, 0.15) is 52.9 Å². The molecule has 2 unspecified atom stereocenters. The first-order chi connectivity index (χ1) is 13.7. The van der Waals surface area contributed by atoms with E-state index in [4.69, 9.17) is 5.14 Å². The van der Waals surface area contributed by atoms with E-state index in [1.807, 2.05) is 4.90 Å². The van der Waals surface area contributed by atoms with Gasteiger partial charge in [-0.1, -0.05) is 25.1 Å². The molecule has 1 saturated heterocycles. The molecular weight excluding hydrogens is 408 g/mol. The number of aryl methyl sites for hydroxylation is 1. The van der Waals surface area contributed by atoms with Gasteiger partial charge in [0.1, 0.15) is 0 Å². The van der Waals surface area contributed by atoms with Crippen LogP contribution in [0, 0.1) is 0 Å². The molecule has 0 bridgehead atoms. The third-order valence-corrected chi connectivity index (χ3v) is 7.43. The van der Waals surface area contributed by atoms with Crippen molar-refractivity contribution in [3.05, 3.63) is 18.2 Å². The lowest BCUT2D eigenvalue weighted by molar-refractivity contribution is -0.134. The number of carbonyl (C=O) groups excluding carboxylic acids is 1. The molecule has 1 fully saturated rings. The highest BCUT2D eigenvalue weighted by Gasteiger charge is 2.29. The Labute approximate surface area is 177 Å². The molecule has 1 aliphatic rings. The molecule has 9 heteroatoms. The number of likely N-dealkylation sites (tertiary alicyclic amines) is 1. The zero-order valence-corrected chi connectivity index (χ0v) is 18.9. The number of aromatic nitrogens is 2. The van der Waals surface area contributed by atoms with Gasteiger partial charge in [0.15, 0.2) is 5.16 Å². The minimum Gasteiger partial charge on any atom is -0.337 e. The molecule has 29 heavy (non-hydrogen) atoms. The summed E-state index contributed by atoms with van der Waals surface area (Å²) in [5, 5.41) is 6.00. The Balaban J connectivity index is 1.86. The first-order valence-electron chi connectivity index (χ1n) is 10.2. The van der Waals surface area contributed by atoms with Crippen LogP contribution in [0.25, 0.3) is 11.0 Å². The topological polar surface area (TPSA) is 98.3 Å². The summed E-state index contributed by atoms with van der Waals surface area (Å²) >= 11 is 1.42. The Morgan fingerprint density at radius 2 is 1.97 bits per heavy atom. The highest BCUT2D eigenvalue weighted by Crippen LogP contribution is 2.28. The number of rotatable bonds is 7. The highest BCUT2D eigenvalue weighted by atomic mass is 32.2. The van der Waals surface area contributed by atoms with Crippen LogP contribution in [0.3, 0.4) is 0 Å². The number of imidazole rings is 1. The summed E-state index contributed by atoms with van der Waals surface area (Å²) in [6.45, 7) is 7.12. The van der Waals surface area contributed by atoms with Gasteiger partial charge >= 0.3 is 0 Å². The molecule has 1 aromatic carbocycles. The molecule has 3 rings (SSSR count). The van der Waals surface area contributed by atoms with E-state index in [9.17, 15) is 13.2 Å². The van der Waals surface area contributed by atoms with E-state index in [0.717, 1.165) is 42.9 Å². The van der Waals surface area contributed by atoms with Crippen LogP contribution in [0.4, 0.5) is 0 Å². The quantitative estimate of drug-likeness (QED) is 0.668. The molecule has 0 radical (unpaired) electrons. The summed E-state index contributed by atoms with van der Waals surface area (Å²) in [5.41, 5.74) is 1.45. The Morgan fingerprint density at radius 1 is 1.28 bits per heavy atom. The molecule has 1 amide bonds. The summed E-state index contributed by atoms with van der Waals surface area (Å²) < 4.78 is 25.4. The van der Waals surface area contributed by atoms with E-state index < -0.39 is 10.0 Å². The molecule has 2 aromatic rings. The van der Waals surface area contributed by atoms with Gasteiger partial charge in [0.2, 0.25) is 15.9 Å². The number of nitrogens with zero attached hydrogens (tertiary/aromatic N) is 3. The summed E-state index contributed by atoms with van der Waals surface area (Å²) in [5.74, 6) is 0.459. The van der Waals surface area contributed by atoms with Crippen LogP contribution in [0.2, 0.25) is 0 Å². The van der Waals surface area contributed by atoms with Crippen molar-refractivity contribution in [1.29, 1.82) is 0 Å². The van der Waals surface area contributed by atoms with E-state index in [-0.39, 0.29) is 22.9 Å². The fourth-order valence-corrected chi connectivity index (χ4v) is 5.46. The van der Waals surface area contributed by atoms with E-state index in [1.54, 1.807) is 6.07 Å². The summed E-state index contributed by atoms with van der Waals surface area (Å²) in [4.78, 5) is 19.6. The number of piperidine rings is 1. The van der Waals surface area contributed by atoms with Gasteiger partial charge in [0.05, 0.1) is 21.7 Å². The summed E-state index contributed by atoms with van der Waals surface area (Å²) in [6.07, 6.45) is 5.27. The number of nitrogens with two attached hydrogens (primary N) is 1. The molecule has 0 aliphatic carbocycles. The first kappa shape index (κ1) is 22.1. The molecule has 2 N–H and O–H groups in total. The second-order valence-corrected chi connectivity index (χ2v) is 10.3. The van der Waals surface area contributed by atoms with Crippen molar-refractivity contribution in [3.63, 3.8) is 0 Å². The lowest BCUT2D eigenvalue weighted by Gasteiger charge is -2.39. The van der Waals surface area contributed by atoms with Crippen molar-refractivity contribution < 1.29 is 13.2 Å². The van der Waals surface area contributed by atoms with E-state index >= 15 is 0 Å². The zero-order chi connectivity index (χ0) is 21.2. The van der Waals surface area contributed by atoms with Crippen molar-refractivity contribution >= 4 is 38.7 Å². The van der Waals surface area contributed by atoms with Crippen molar-refractivity contribution in [2.24, 2.45) is 5.14 Å². The van der Waals surface area contributed by atoms with Gasteiger partial charge in [-0.05, 0) is 57.7 Å². The Morgan fingerprint density at radius 3 is 2.59 bits per heavy atom. The van der Waals surface area contributed by atoms with Crippen molar-refractivity contribution in [2.75, 3.05) is 5.75 Å². The van der Waals surface area contributed by atoms with Gasteiger partial charge in [0.25, 0.3) is 0 Å². The number of primary sulfonamides is 1. The van der Waals surface area contributed by atoms with Crippen molar-refractivity contribution in [1.82, 2.24) is 14.5 Å².